The van der Waals surface area contributed by atoms with Crippen LogP contribution in [-0.2, 0) is 0 Å². The van der Waals surface area contributed by atoms with Crippen LogP contribution in [0.4, 0.5) is 8.78 Å². The van der Waals surface area contributed by atoms with Crippen molar-refractivity contribution in [2.24, 2.45) is 0 Å². The first-order chi connectivity index (χ1) is 8.00. The molecule has 0 amide bonds. The van der Waals surface area contributed by atoms with Crippen molar-refractivity contribution < 1.29 is 8.78 Å². The molecule has 0 bridgehead atoms. The number of aromatic nitrogens is 3. The summed E-state index contributed by atoms with van der Waals surface area (Å²) >= 11 is 5.74. The highest BCUT2D eigenvalue weighted by Crippen LogP contribution is 2.25. The van der Waals surface area contributed by atoms with Gasteiger partial charge in [0.2, 0.25) is 0 Å². The fourth-order valence-corrected chi connectivity index (χ4v) is 1.62. The van der Waals surface area contributed by atoms with E-state index in [2.05, 4.69) is 16.1 Å². The monoisotopic (exact) mass is 256 g/mol. The zero-order chi connectivity index (χ0) is 12.6. The molecule has 0 unspecified atom stereocenters. The molecule has 17 heavy (non-hydrogen) atoms. The third kappa shape index (κ3) is 2.15. The van der Waals surface area contributed by atoms with Gasteiger partial charge in [0.15, 0.2) is 5.82 Å². The minimum atomic E-state index is -2.60. The van der Waals surface area contributed by atoms with Gasteiger partial charge >= 0.3 is 0 Å². The van der Waals surface area contributed by atoms with Gasteiger partial charge in [-0.1, -0.05) is 11.6 Å². The molecule has 2 rings (SSSR count). The van der Waals surface area contributed by atoms with Crippen molar-refractivity contribution in [1.29, 1.82) is 0 Å². The summed E-state index contributed by atoms with van der Waals surface area (Å²) in [5, 5.41) is 4.10. The molecule has 0 saturated carbocycles. The van der Waals surface area contributed by atoms with E-state index in [1.807, 2.05) is 0 Å². The van der Waals surface area contributed by atoms with E-state index in [0.717, 1.165) is 0 Å². The molecule has 0 aliphatic heterocycles. The van der Waals surface area contributed by atoms with Crippen LogP contribution in [0.1, 0.15) is 23.4 Å². The Hall–Kier alpha value is -1.49. The van der Waals surface area contributed by atoms with Gasteiger partial charge in [0, 0.05) is 11.8 Å². The van der Waals surface area contributed by atoms with E-state index < -0.39 is 6.43 Å². The van der Waals surface area contributed by atoms with Crippen LogP contribution in [-0.4, -0.2) is 14.8 Å². The van der Waals surface area contributed by atoms with E-state index in [0.29, 0.717) is 17.1 Å². The zero-order valence-corrected chi connectivity index (χ0v) is 9.96. The summed E-state index contributed by atoms with van der Waals surface area (Å²) in [5.41, 5.74) is 0.819. The molecule has 6 heteroatoms. The summed E-state index contributed by atoms with van der Waals surface area (Å²) in [4.78, 5) is 3.98. The Bertz CT molecular complexity index is 552. The third-order valence-electron chi connectivity index (χ3n) is 2.51. The predicted octanol–water partition coefficient (Wildman–Crippen LogP) is 3.28. The Morgan fingerprint density at radius 2 is 2.12 bits per heavy atom. The van der Waals surface area contributed by atoms with E-state index in [9.17, 15) is 8.78 Å². The number of pyridine rings is 1. The van der Waals surface area contributed by atoms with Crippen LogP contribution >= 0.6 is 11.6 Å². The van der Waals surface area contributed by atoms with Crippen LogP contribution < -0.4 is 0 Å². The predicted molar refractivity (Wildman–Crippen MR) is 59.6 cm³/mol. The lowest BCUT2D eigenvalue weighted by molar-refractivity contribution is 0.144. The van der Waals surface area contributed by atoms with Crippen molar-refractivity contribution in [3.63, 3.8) is 0 Å². The first-order valence-electron chi connectivity index (χ1n) is 4.89. The summed E-state index contributed by atoms with van der Waals surface area (Å²) in [6, 6.07) is 5.94. The van der Waals surface area contributed by atoms with Crippen molar-refractivity contribution >= 4 is 11.6 Å². The molecule has 0 aliphatic carbocycles. The number of nitrogens with zero attached hydrogens (tertiary/aromatic N) is 3. The topological polar surface area (TPSA) is 30.7 Å². The highest BCUT2D eigenvalue weighted by atomic mass is 35.5. The maximum Gasteiger partial charge on any atom is 0.282 e. The number of hydrogen-bond acceptors (Lipinski definition) is 2. The van der Waals surface area contributed by atoms with Gasteiger partial charge < -0.3 is 0 Å². The summed E-state index contributed by atoms with van der Waals surface area (Å²) < 4.78 is 26.7. The molecule has 0 fully saturated rings. The molecular weight excluding hydrogens is 248 g/mol. The standard InChI is InChI=1S/C11H9ClF2N3/c1-6-7(2)17(16-10(6)11(13)14)9-5-3-4-8(12)15-9/h3-4,11H,1-2H3. The van der Waals surface area contributed by atoms with Crippen LogP contribution in [0.3, 0.4) is 0 Å². The Morgan fingerprint density at radius 1 is 1.41 bits per heavy atom. The minimum Gasteiger partial charge on any atom is -0.218 e. The molecular formula is C11H9ClF2N3. The molecule has 2 aromatic rings. The lowest BCUT2D eigenvalue weighted by Gasteiger charge is -2.02. The van der Waals surface area contributed by atoms with Gasteiger partial charge in [0.05, 0.1) is 0 Å². The molecule has 1 radical (unpaired) electrons. The fraction of sp³-hybridized carbons (Fsp3) is 0.273. The first-order valence-corrected chi connectivity index (χ1v) is 5.27. The maximum atomic E-state index is 12.7. The average molecular weight is 257 g/mol. The Morgan fingerprint density at radius 3 is 2.65 bits per heavy atom. The van der Waals surface area contributed by atoms with Crippen molar-refractivity contribution in [2.45, 2.75) is 20.3 Å². The molecule has 0 aliphatic rings. The lowest BCUT2D eigenvalue weighted by atomic mass is 10.2. The summed E-state index contributed by atoms with van der Waals surface area (Å²) in [6.45, 7) is 3.30. The molecule has 3 nitrogen and oxygen atoms in total. The van der Waals surface area contributed by atoms with Gasteiger partial charge in [-0.05, 0) is 31.5 Å². The van der Waals surface area contributed by atoms with Crippen molar-refractivity contribution in [3.05, 3.63) is 40.3 Å². The van der Waals surface area contributed by atoms with Crippen LogP contribution in [0, 0.1) is 19.9 Å². The maximum absolute atomic E-state index is 12.7. The molecule has 0 spiro atoms. The fourth-order valence-electron chi connectivity index (χ4n) is 1.48. The average Bonchev–Trinajstić information content (AvgIpc) is 2.56. The second-order valence-electron chi connectivity index (χ2n) is 3.54. The Labute approximate surface area is 102 Å². The van der Waals surface area contributed by atoms with Gasteiger partial charge in [0.25, 0.3) is 6.43 Å². The van der Waals surface area contributed by atoms with Crippen LogP contribution in [0.2, 0.25) is 5.15 Å². The lowest BCUT2D eigenvalue weighted by Crippen LogP contribution is -2.02. The zero-order valence-electron chi connectivity index (χ0n) is 9.21. The second kappa shape index (κ2) is 4.41. The summed E-state index contributed by atoms with van der Waals surface area (Å²) in [7, 11) is 0. The molecule has 2 heterocycles. The minimum absolute atomic E-state index is 0.238. The number of rotatable bonds is 2. The van der Waals surface area contributed by atoms with Crippen molar-refractivity contribution in [2.75, 3.05) is 0 Å². The number of hydrogen-bond donors (Lipinski definition) is 0. The Kier molecular flexibility index (Phi) is 3.11. The van der Waals surface area contributed by atoms with E-state index in [1.54, 1.807) is 26.0 Å². The molecule has 0 saturated heterocycles. The van der Waals surface area contributed by atoms with E-state index >= 15 is 0 Å². The van der Waals surface area contributed by atoms with Gasteiger partial charge in [-0.2, -0.15) is 5.10 Å². The highest BCUT2D eigenvalue weighted by molar-refractivity contribution is 6.29. The van der Waals surface area contributed by atoms with E-state index in [1.165, 1.54) is 4.68 Å². The van der Waals surface area contributed by atoms with Crippen molar-refractivity contribution in [3.8, 4) is 5.82 Å². The SMILES string of the molecule is Cc1c(C(F)F)nn(-c2[c]ccc(Cl)n2)c1C. The molecule has 89 valence electrons. The van der Waals surface area contributed by atoms with Gasteiger partial charge in [-0.3, -0.25) is 0 Å². The molecule has 0 atom stereocenters. The highest BCUT2D eigenvalue weighted by Gasteiger charge is 2.19. The molecule has 0 aromatic carbocycles. The van der Waals surface area contributed by atoms with Gasteiger partial charge in [-0.15, -0.1) is 0 Å². The van der Waals surface area contributed by atoms with Crippen LogP contribution in [0.25, 0.3) is 5.82 Å². The van der Waals surface area contributed by atoms with Crippen LogP contribution in [0.5, 0.6) is 0 Å². The number of halogens is 3. The van der Waals surface area contributed by atoms with E-state index in [-0.39, 0.29) is 10.8 Å². The quantitative estimate of drug-likeness (QED) is 0.772. The smallest absolute Gasteiger partial charge is 0.218 e. The number of alkyl halides is 2. The van der Waals surface area contributed by atoms with E-state index in [4.69, 9.17) is 11.6 Å². The summed E-state index contributed by atoms with van der Waals surface area (Å²) in [6.07, 6.45) is -2.60. The van der Waals surface area contributed by atoms with Crippen LogP contribution in [0.15, 0.2) is 12.1 Å². The molecule has 2 aromatic heterocycles. The normalized spacial score (nSPS) is 11.2. The molecule has 0 N–H and O–H groups in total. The third-order valence-corrected chi connectivity index (χ3v) is 2.72. The van der Waals surface area contributed by atoms with Gasteiger partial charge in [0.1, 0.15) is 10.8 Å². The first kappa shape index (κ1) is 12.0. The second-order valence-corrected chi connectivity index (χ2v) is 3.93. The van der Waals surface area contributed by atoms with Gasteiger partial charge in [-0.25, -0.2) is 18.4 Å². The Balaban J connectivity index is 2.57. The largest absolute Gasteiger partial charge is 0.282 e. The summed E-state index contributed by atoms with van der Waals surface area (Å²) in [5.74, 6) is 0.310. The van der Waals surface area contributed by atoms with Crippen molar-refractivity contribution in [1.82, 2.24) is 14.8 Å².